The van der Waals surface area contributed by atoms with Crippen molar-refractivity contribution in [3.63, 3.8) is 0 Å². The molecule has 0 fully saturated rings. The smallest absolute Gasteiger partial charge is 0.151 e. The number of halogens is 1. The van der Waals surface area contributed by atoms with Crippen LogP contribution in [0.5, 0.6) is 11.5 Å². The molecule has 0 atom stereocenters. The van der Waals surface area contributed by atoms with Crippen LogP contribution in [0.25, 0.3) is 0 Å². The first-order valence-electron chi connectivity index (χ1n) is 5.06. The van der Waals surface area contributed by atoms with Gasteiger partial charge in [-0.25, -0.2) is 0 Å². The number of hydrogen-bond acceptors (Lipinski definition) is 3. The maximum absolute atomic E-state index is 5.92. The van der Waals surface area contributed by atoms with E-state index in [1.807, 2.05) is 36.6 Å². The molecule has 2 aromatic carbocycles. The first-order chi connectivity index (χ1) is 8.20. The number of rotatable bonds is 3. The second-order valence-electron chi connectivity index (χ2n) is 3.43. The Bertz CT molecular complexity index is 513. The van der Waals surface area contributed by atoms with E-state index in [2.05, 4.69) is 0 Å². The molecule has 0 radical (unpaired) electrons. The van der Waals surface area contributed by atoms with E-state index in [0.29, 0.717) is 16.5 Å². The summed E-state index contributed by atoms with van der Waals surface area (Å²) in [6.45, 7) is 0. The zero-order valence-corrected chi connectivity index (χ0v) is 10.9. The second-order valence-corrected chi connectivity index (χ2v) is 4.72. The van der Waals surface area contributed by atoms with Crippen LogP contribution in [-0.4, -0.2) is 6.26 Å². The van der Waals surface area contributed by atoms with Gasteiger partial charge in [0.25, 0.3) is 0 Å². The van der Waals surface area contributed by atoms with E-state index in [0.717, 1.165) is 5.75 Å². The summed E-state index contributed by atoms with van der Waals surface area (Å²) in [5.74, 6) is 1.33. The molecule has 2 aromatic rings. The van der Waals surface area contributed by atoms with E-state index in [1.54, 1.807) is 23.9 Å². The number of para-hydroxylation sites is 1. The summed E-state index contributed by atoms with van der Waals surface area (Å²) in [6.07, 6.45) is 2.03. The van der Waals surface area contributed by atoms with Gasteiger partial charge in [-0.2, -0.15) is 0 Å². The third-order valence-electron chi connectivity index (χ3n) is 2.30. The largest absolute Gasteiger partial charge is 0.455 e. The zero-order chi connectivity index (χ0) is 12.3. The summed E-state index contributed by atoms with van der Waals surface area (Å²) >= 11 is 7.61. The molecular formula is C13H12ClNOS. The Morgan fingerprint density at radius 1 is 1.12 bits per heavy atom. The van der Waals surface area contributed by atoms with Crippen molar-refractivity contribution in [2.24, 2.45) is 0 Å². The highest BCUT2D eigenvalue weighted by Gasteiger charge is 2.05. The fourth-order valence-corrected chi connectivity index (χ4v) is 1.95. The summed E-state index contributed by atoms with van der Waals surface area (Å²) in [5.41, 5.74) is 6.29. The third-order valence-corrected chi connectivity index (χ3v) is 3.37. The Kier molecular flexibility index (Phi) is 3.82. The molecule has 0 saturated heterocycles. The Morgan fingerprint density at radius 3 is 2.47 bits per heavy atom. The standard InChI is InChI=1S/C13H12ClNOS/c1-17-10-7-5-9(6-8-10)16-12-4-2-3-11(14)13(12)15/h2-8H,15H2,1H3. The number of benzene rings is 2. The minimum Gasteiger partial charge on any atom is -0.455 e. The number of hydrogen-bond donors (Lipinski definition) is 1. The minimum atomic E-state index is 0.461. The van der Waals surface area contributed by atoms with Gasteiger partial charge >= 0.3 is 0 Å². The van der Waals surface area contributed by atoms with E-state index in [4.69, 9.17) is 22.1 Å². The molecule has 0 heterocycles. The van der Waals surface area contributed by atoms with Gasteiger partial charge in [0.2, 0.25) is 0 Å². The molecule has 17 heavy (non-hydrogen) atoms. The maximum Gasteiger partial charge on any atom is 0.151 e. The molecule has 2 N–H and O–H groups in total. The summed E-state index contributed by atoms with van der Waals surface area (Å²) in [7, 11) is 0. The summed E-state index contributed by atoms with van der Waals surface area (Å²) in [6, 6.07) is 13.2. The number of ether oxygens (including phenoxy) is 1. The van der Waals surface area contributed by atoms with Gasteiger partial charge in [0.05, 0.1) is 10.7 Å². The molecule has 0 aliphatic carbocycles. The second kappa shape index (κ2) is 5.34. The monoisotopic (exact) mass is 265 g/mol. The van der Waals surface area contributed by atoms with E-state index in [9.17, 15) is 0 Å². The molecule has 0 aromatic heterocycles. The van der Waals surface area contributed by atoms with Crippen molar-refractivity contribution >= 4 is 29.1 Å². The lowest BCUT2D eigenvalue weighted by Crippen LogP contribution is -1.92. The van der Waals surface area contributed by atoms with Crippen LogP contribution in [-0.2, 0) is 0 Å². The van der Waals surface area contributed by atoms with Gasteiger partial charge in [0, 0.05) is 4.90 Å². The first-order valence-corrected chi connectivity index (χ1v) is 6.67. The molecule has 4 heteroatoms. The molecule has 0 bridgehead atoms. The number of thioether (sulfide) groups is 1. The van der Waals surface area contributed by atoms with Crippen LogP contribution in [0.2, 0.25) is 5.02 Å². The first kappa shape index (κ1) is 12.1. The van der Waals surface area contributed by atoms with Crippen molar-refractivity contribution in [2.45, 2.75) is 4.90 Å². The van der Waals surface area contributed by atoms with Crippen molar-refractivity contribution in [2.75, 3.05) is 12.0 Å². The SMILES string of the molecule is CSc1ccc(Oc2cccc(Cl)c2N)cc1. The number of nitrogen functional groups attached to an aromatic ring is 1. The maximum atomic E-state index is 5.92. The topological polar surface area (TPSA) is 35.2 Å². The lowest BCUT2D eigenvalue weighted by atomic mass is 10.3. The quantitative estimate of drug-likeness (QED) is 0.658. The average molecular weight is 266 g/mol. The van der Waals surface area contributed by atoms with Gasteiger partial charge in [-0.05, 0) is 42.7 Å². The van der Waals surface area contributed by atoms with Crippen LogP contribution in [0.3, 0.4) is 0 Å². The predicted molar refractivity (Wildman–Crippen MR) is 74.2 cm³/mol. The summed E-state index contributed by atoms with van der Waals surface area (Å²) < 4.78 is 5.67. The summed E-state index contributed by atoms with van der Waals surface area (Å²) in [5, 5.41) is 0.503. The Hall–Kier alpha value is -1.32. The van der Waals surface area contributed by atoms with Crippen molar-refractivity contribution in [1.82, 2.24) is 0 Å². The Balaban J connectivity index is 2.22. The van der Waals surface area contributed by atoms with Crippen LogP contribution in [0.15, 0.2) is 47.4 Å². The molecule has 88 valence electrons. The van der Waals surface area contributed by atoms with E-state index < -0.39 is 0 Å². The highest BCUT2D eigenvalue weighted by atomic mass is 35.5. The molecule has 0 aliphatic heterocycles. The van der Waals surface area contributed by atoms with Crippen LogP contribution in [0.1, 0.15) is 0 Å². The minimum absolute atomic E-state index is 0.461. The summed E-state index contributed by atoms with van der Waals surface area (Å²) in [4.78, 5) is 1.19. The van der Waals surface area contributed by atoms with Crippen molar-refractivity contribution < 1.29 is 4.74 Å². The van der Waals surface area contributed by atoms with Crippen LogP contribution in [0, 0.1) is 0 Å². The number of nitrogens with two attached hydrogens (primary N) is 1. The fourth-order valence-electron chi connectivity index (χ4n) is 1.38. The van der Waals surface area contributed by atoms with Gasteiger partial charge in [-0.3, -0.25) is 0 Å². The van der Waals surface area contributed by atoms with Gasteiger partial charge in [0.1, 0.15) is 5.75 Å². The molecule has 0 unspecified atom stereocenters. The molecule has 0 saturated carbocycles. The van der Waals surface area contributed by atoms with Gasteiger partial charge < -0.3 is 10.5 Å². The number of anilines is 1. The highest BCUT2D eigenvalue weighted by molar-refractivity contribution is 7.98. The van der Waals surface area contributed by atoms with Gasteiger partial charge in [0.15, 0.2) is 5.75 Å². The van der Waals surface area contributed by atoms with Crippen LogP contribution < -0.4 is 10.5 Å². The molecular weight excluding hydrogens is 254 g/mol. The highest BCUT2D eigenvalue weighted by Crippen LogP contribution is 2.33. The van der Waals surface area contributed by atoms with E-state index in [1.165, 1.54) is 4.90 Å². The molecule has 2 nitrogen and oxygen atoms in total. The van der Waals surface area contributed by atoms with Gasteiger partial charge in [-0.15, -0.1) is 11.8 Å². The van der Waals surface area contributed by atoms with E-state index >= 15 is 0 Å². The van der Waals surface area contributed by atoms with E-state index in [-0.39, 0.29) is 0 Å². The van der Waals surface area contributed by atoms with Gasteiger partial charge in [-0.1, -0.05) is 17.7 Å². The zero-order valence-electron chi connectivity index (χ0n) is 9.31. The lowest BCUT2D eigenvalue weighted by Gasteiger charge is -2.09. The van der Waals surface area contributed by atoms with Crippen LogP contribution >= 0.6 is 23.4 Å². The Morgan fingerprint density at radius 2 is 1.82 bits per heavy atom. The fraction of sp³-hybridized carbons (Fsp3) is 0.0769. The molecule has 0 spiro atoms. The Labute approximate surface area is 110 Å². The van der Waals surface area contributed by atoms with Crippen LogP contribution in [0.4, 0.5) is 5.69 Å². The lowest BCUT2D eigenvalue weighted by molar-refractivity contribution is 0.484. The normalized spacial score (nSPS) is 10.2. The average Bonchev–Trinajstić information content (AvgIpc) is 2.36. The molecule has 0 amide bonds. The molecule has 2 rings (SSSR count). The van der Waals surface area contributed by atoms with Crippen molar-refractivity contribution in [1.29, 1.82) is 0 Å². The third kappa shape index (κ3) is 2.87. The molecule has 0 aliphatic rings. The van der Waals surface area contributed by atoms with Crippen molar-refractivity contribution in [3.05, 3.63) is 47.5 Å². The predicted octanol–water partition coefficient (Wildman–Crippen LogP) is 4.44. The van der Waals surface area contributed by atoms with Crippen molar-refractivity contribution in [3.8, 4) is 11.5 Å².